The van der Waals surface area contributed by atoms with Gasteiger partial charge in [0.25, 0.3) is 0 Å². The van der Waals surface area contributed by atoms with Crippen LogP contribution in [-0.4, -0.2) is 22.2 Å². The molecule has 0 spiro atoms. The van der Waals surface area contributed by atoms with Crippen molar-refractivity contribution in [2.75, 3.05) is 0 Å². The molecule has 0 radical (unpaired) electrons. The first-order valence-electron chi connectivity index (χ1n) is 6.68. The minimum atomic E-state index is -0.162. The molecule has 2 N–H and O–H groups in total. The van der Waals surface area contributed by atoms with Crippen molar-refractivity contribution >= 4 is 11.3 Å². The topological polar surface area (TPSA) is 45.1 Å². The molecule has 2 unspecified atom stereocenters. The summed E-state index contributed by atoms with van der Waals surface area (Å²) in [6.45, 7) is 0.810. The highest BCUT2D eigenvalue weighted by atomic mass is 32.1. The van der Waals surface area contributed by atoms with E-state index < -0.39 is 0 Å². The third kappa shape index (κ3) is 2.87. The summed E-state index contributed by atoms with van der Waals surface area (Å²) in [7, 11) is 0. The third-order valence-corrected chi connectivity index (χ3v) is 4.83. The van der Waals surface area contributed by atoms with Crippen LogP contribution in [0.15, 0.2) is 5.38 Å². The van der Waals surface area contributed by atoms with Gasteiger partial charge in [0, 0.05) is 23.9 Å². The summed E-state index contributed by atoms with van der Waals surface area (Å²) < 4.78 is 0. The van der Waals surface area contributed by atoms with Gasteiger partial charge in [0.2, 0.25) is 0 Å². The molecule has 1 aromatic rings. The Labute approximate surface area is 106 Å². The first kappa shape index (κ1) is 11.6. The molecule has 0 bridgehead atoms. The van der Waals surface area contributed by atoms with Crippen molar-refractivity contribution in [1.82, 2.24) is 10.3 Å². The van der Waals surface area contributed by atoms with Crippen LogP contribution < -0.4 is 5.32 Å². The van der Waals surface area contributed by atoms with Crippen molar-refractivity contribution in [3.63, 3.8) is 0 Å². The van der Waals surface area contributed by atoms with Crippen LogP contribution in [-0.2, 0) is 6.54 Å². The van der Waals surface area contributed by atoms with E-state index in [0.717, 1.165) is 31.0 Å². The summed E-state index contributed by atoms with van der Waals surface area (Å²) in [4.78, 5) is 4.66. The summed E-state index contributed by atoms with van der Waals surface area (Å²) >= 11 is 1.79. The van der Waals surface area contributed by atoms with Crippen molar-refractivity contribution in [1.29, 1.82) is 0 Å². The van der Waals surface area contributed by atoms with Crippen LogP contribution in [0.25, 0.3) is 0 Å². The molecule has 2 atom stereocenters. The molecule has 2 aliphatic rings. The highest BCUT2D eigenvalue weighted by Gasteiger charge is 2.27. The molecule has 0 aromatic carbocycles. The van der Waals surface area contributed by atoms with Gasteiger partial charge >= 0.3 is 0 Å². The number of nitrogens with one attached hydrogen (secondary N) is 1. The van der Waals surface area contributed by atoms with Crippen LogP contribution in [0.1, 0.15) is 55.1 Å². The number of hydrogen-bond acceptors (Lipinski definition) is 4. The molecule has 17 heavy (non-hydrogen) atoms. The van der Waals surface area contributed by atoms with E-state index in [2.05, 4.69) is 15.7 Å². The quantitative estimate of drug-likeness (QED) is 0.865. The summed E-state index contributed by atoms with van der Waals surface area (Å²) in [5.74, 6) is 0.758. The first-order chi connectivity index (χ1) is 8.33. The predicted molar refractivity (Wildman–Crippen MR) is 69.2 cm³/mol. The lowest BCUT2D eigenvalue weighted by atomic mass is 9.92. The lowest BCUT2D eigenvalue weighted by molar-refractivity contribution is 0.0901. The Bertz CT molecular complexity index is 375. The van der Waals surface area contributed by atoms with Crippen molar-refractivity contribution in [2.45, 2.75) is 63.1 Å². The fourth-order valence-electron chi connectivity index (χ4n) is 2.51. The summed E-state index contributed by atoms with van der Waals surface area (Å²) in [6, 6.07) is 0.273. The zero-order valence-electron chi connectivity index (χ0n) is 10.1. The van der Waals surface area contributed by atoms with Gasteiger partial charge < -0.3 is 10.4 Å². The monoisotopic (exact) mass is 252 g/mol. The minimum Gasteiger partial charge on any atom is -0.392 e. The molecule has 0 saturated heterocycles. The molecule has 0 amide bonds. The molecule has 2 aliphatic carbocycles. The number of aliphatic hydroxyl groups is 1. The van der Waals surface area contributed by atoms with Crippen LogP contribution in [0.2, 0.25) is 0 Å². The zero-order chi connectivity index (χ0) is 11.7. The molecular formula is C13H20N2OS. The minimum absolute atomic E-state index is 0.162. The average Bonchev–Trinajstić information content (AvgIpc) is 3.08. The van der Waals surface area contributed by atoms with E-state index in [4.69, 9.17) is 0 Å². The zero-order valence-corrected chi connectivity index (χ0v) is 10.9. The Hall–Kier alpha value is -0.450. The number of nitrogens with zero attached hydrogens (tertiary/aromatic N) is 1. The number of thiazole rings is 1. The Morgan fingerprint density at radius 1 is 1.29 bits per heavy atom. The maximum absolute atomic E-state index is 9.87. The third-order valence-electron chi connectivity index (χ3n) is 3.77. The van der Waals surface area contributed by atoms with Crippen molar-refractivity contribution in [3.05, 3.63) is 16.1 Å². The number of hydrogen-bond donors (Lipinski definition) is 2. The highest BCUT2D eigenvalue weighted by Crippen LogP contribution is 2.41. The van der Waals surface area contributed by atoms with Crippen molar-refractivity contribution < 1.29 is 5.11 Å². The van der Waals surface area contributed by atoms with Gasteiger partial charge in [0.15, 0.2) is 0 Å². The molecular weight excluding hydrogens is 232 g/mol. The van der Waals surface area contributed by atoms with Crippen molar-refractivity contribution in [3.8, 4) is 0 Å². The molecule has 2 saturated carbocycles. The summed E-state index contributed by atoms with van der Waals surface area (Å²) in [5.41, 5.74) is 1.15. The van der Waals surface area contributed by atoms with Crippen molar-refractivity contribution in [2.24, 2.45) is 0 Å². The largest absolute Gasteiger partial charge is 0.392 e. The Morgan fingerprint density at radius 2 is 2.12 bits per heavy atom. The Morgan fingerprint density at radius 3 is 2.88 bits per heavy atom. The van der Waals surface area contributed by atoms with Gasteiger partial charge in [-0.1, -0.05) is 12.8 Å². The second-order valence-electron chi connectivity index (χ2n) is 5.29. The highest BCUT2D eigenvalue weighted by molar-refractivity contribution is 7.09. The average molecular weight is 252 g/mol. The molecule has 94 valence electrons. The van der Waals surface area contributed by atoms with Gasteiger partial charge in [-0.2, -0.15) is 0 Å². The van der Waals surface area contributed by atoms with Gasteiger partial charge in [-0.15, -0.1) is 11.3 Å². The maximum atomic E-state index is 9.87. The Kier molecular flexibility index (Phi) is 3.45. The van der Waals surface area contributed by atoms with E-state index in [-0.39, 0.29) is 12.1 Å². The smallest absolute Gasteiger partial charge is 0.0959 e. The molecule has 3 nitrogen and oxygen atoms in total. The van der Waals surface area contributed by atoms with E-state index in [1.807, 2.05) is 0 Å². The van der Waals surface area contributed by atoms with Gasteiger partial charge in [0.1, 0.15) is 0 Å². The van der Waals surface area contributed by atoms with E-state index >= 15 is 0 Å². The van der Waals surface area contributed by atoms with Crippen LogP contribution in [0.4, 0.5) is 0 Å². The van der Waals surface area contributed by atoms with Crippen LogP contribution in [0.5, 0.6) is 0 Å². The molecule has 4 heteroatoms. The summed E-state index contributed by atoms with van der Waals surface area (Å²) in [6.07, 6.45) is 6.93. The molecule has 1 aromatic heterocycles. The number of aliphatic hydroxyl groups excluding tert-OH is 1. The summed E-state index contributed by atoms with van der Waals surface area (Å²) in [5, 5.41) is 16.8. The normalized spacial score (nSPS) is 29.5. The van der Waals surface area contributed by atoms with Gasteiger partial charge in [-0.25, -0.2) is 4.98 Å². The van der Waals surface area contributed by atoms with Crippen LogP contribution in [0, 0.1) is 0 Å². The second-order valence-corrected chi connectivity index (χ2v) is 6.18. The van der Waals surface area contributed by atoms with Gasteiger partial charge in [-0.3, -0.25) is 0 Å². The SMILES string of the molecule is OC1CCCCC1NCc1csc(C2CC2)n1. The van der Waals surface area contributed by atoms with E-state index in [9.17, 15) is 5.11 Å². The molecule has 2 fully saturated rings. The number of rotatable bonds is 4. The maximum Gasteiger partial charge on any atom is 0.0959 e. The van der Waals surface area contributed by atoms with E-state index in [1.165, 1.54) is 30.7 Å². The number of aromatic nitrogens is 1. The fraction of sp³-hybridized carbons (Fsp3) is 0.769. The van der Waals surface area contributed by atoms with Crippen LogP contribution >= 0.6 is 11.3 Å². The van der Waals surface area contributed by atoms with Gasteiger partial charge in [0.05, 0.1) is 16.8 Å². The standard InChI is InChI=1S/C13H20N2OS/c16-12-4-2-1-3-11(12)14-7-10-8-17-13(15-10)9-5-6-9/h8-9,11-12,14,16H,1-7H2. The molecule has 0 aliphatic heterocycles. The van der Waals surface area contributed by atoms with Crippen LogP contribution in [0.3, 0.4) is 0 Å². The molecule has 1 heterocycles. The lowest BCUT2D eigenvalue weighted by Gasteiger charge is -2.28. The molecule has 3 rings (SSSR count). The van der Waals surface area contributed by atoms with E-state index in [1.54, 1.807) is 11.3 Å². The Balaban J connectivity index is 1.51. The second kappa shape index (κ2) is 5.04. The van der Waals surface area contributed by atoms with Gasteiger partial charge in [-0.05, 0) is 25.7 Å². The lowest BCUT2D eigenvalue weighted by Crippen LogP contribution is -2.41. The predicted octanol–water partition coefficient (Wildman–Crippen LogP) is 2.41. The van der Waals surface area contributed by atoms with E-state index in [0.29, 0.717) is 0 Å². The first-order valence-corrected chi connectivity index (χ1v) is 7.56. The fourth-order valence-corrected chi connectivity index (χ4v) is 3.50.